The van der Waals surface area contributed by atoms with Crippen LogP contribution >= 0.6 is 11.8 Å². The zero-order valence-electron chi connectivity index (χ0n) is 19.4. The molecule has 0 aliphatic carbocycles. The maximum Gasteiger partial charge on any atom is 0.226 e. The van der Waals surface area contributed by atoms with Crippen LogP contribution in [0.5, 0.6) is 0 Å². The predicted molar refractivity (Wildman–Crippen MR) is 128 cm³/mol. The highest BCUT2D eigenvalue weighted by atomic mass is 32.2. The monoisotopic (exact) mass is 463 g/mol. The average molecular weight is 464 g/mol. The summed E-state index contributed by atoms with van der Waals surface area (Å²) in [5.41, 5.74) is 2.11. The van der Waals surface area contributed by atoms with Gasteiger partial charge in [0, 0.05) is 18.2 Å². The maximum absolute atomic E-state index is 12.7. The lowest BCUT2D eigenvalue weighted by Crippen LogP contribution is -2.40. The number of thioether (sulfide) groups is 1. The standard InChI is InChI=1S/C25H29N5O2S/c1-25(2,3)23(31)27-21(16-32-15-18-10-6-5-7-11-18)22-28-29-24(30(22)4)33-17-20-13-9-8-12-19(20)14-26/h5-13,21H,15-17H2,1-4H3,(H,27,31). The Morgan fingerprint density at radius 3 is 2.55 bits per heavy atom. The zero-order chi connectivity index (χ0) is 23.8. The molecular formula is C25H29N5O2S. The Morgan fingerprint density at radius 2 is 1.85 bits per heavy atom. The number of carbonyl (C=O) groups excluding carboxylic acids is 1. The second-order valence-electron chi connectivity index (χ2n) is 8.73. The number of carbonyl (C=O) groups is 1. The van der Waals surface area contributed by atoms with Gasteiger partial charge in [-0.05, 0) is 17.2 Å². The van der Waals surface area contributed by atoms with Gasteiger partial charge in [0.15, 0.2) is 11.0 Å². The Kier molecular flexibility index (Phi) is 8.26. The van der Waals surface area contributed by atoms with E-state index in [4.69, 9.17) is 4.74 Å². The van der Waals surface area contributed by atoms with Crippen molar-refractivity contribution in [3.63, 3.8) is 0 Å². The summed E-state index contributed by atoms with van der Waals surface area (Å²) in [5, 5.41) is 21.8. The number of ether oxygens (including phenoxy) is 1. The number of amides is 1. The number of aromatic nitrogens is 3. The molecule has 1 N–H and O–H groups in total. The molecule has 0 aliphatic rings. The highest BCUT2D eigenvalue weighted by Gasteiger charge is 2.28. The number of hydrogen-bond acceptors (Lipinski definition) is 6. The van der Waals surface area contributed by atoms with Crippen LogP contribution in [0.3, 0.4) is 0 Å². The van der Waals surface area contributed by atoms with Gasteiger partial charge in [-0.2, -0.15) is 5.26 Å². The molecule has 1 heterocycles. The molecule has 33 heavy (non-hydrogen) atoms. The van der Waals surface area contributed by atoms with E-state index in [0.29, 0.717) is 28.9 Å². The van der Waals surface area contributed by atoms with Gasteiger partial charge in [0.1, 0.15) is 6.04 Å². The van der Waals surface area contributed by atoms with Crippen LogP contribution < -0.4 is 5.32 Å². The summed E-state index contributed by atoms with van der Waals surface area (Å²) < 4.78 is 7.81. The third-order valence-electron chi connectivity index (χ3n) is 5.06. The van der Waals surface area contributed by atoms with E-state index in [1.54, 1.807) is 6.07 Å². The van der Waals surface area contributed by atoms with Gasteiger partial charge >= 0.3 is 0 Å². The summed E-state index contributed by atoms with van der Waals surface area (Å²) >= 11 is 1.50. The normalized spacial score (nSPS) is 12.2. The molecule has 0 radical (unpaired) electrons. The molecule has 2 aromatic carbocycles. The van der Waals surface area contributed by atoms with Crippen molar-refractivity contribution < 1.29 is 9.53 Å². The number of hydrogen-bond donors (Lipinski definition) is 1. The Bertz CT molecular complexity index is 1120. The quantitative estimate of drug-likeness (QED) is 0.473. The molecule has 1 unspecified atom stereocenters. The fraction of sp³-hybridized carbons (Fsp3) is 0.360. The predicted octanol–water partition coefficient (Wildman–Crippen LogP) is 4.40. The van der Waals surface area contributed by atoms with Crippen molar-refractivity contribution in [2.45, 2.75) is 44.3 Å². The van der Waals surface area contributed by atoms with Gasteiger partial charge in [0.25, 0.3) is 0 Å². The largest absolute Gasteiger partial charge is 0.374 e. The first-order valence-corrected chi connectivity index (χ1v) is 11.7. The van der Waals surface area contributed by atoms with Crippen LogP contribution in [0.4, 0.5) is 0 Å². The first kappa shape index (κ1) is 24.5. The topological polar surface area (TPSA) is 92.8 Å². The molecule has 0 fully saturated rings. The lowest BCUT2D eigenvalue weighted by Gasteiger charge is -2.24. The van der Waals surface area contributed by atoms with Crippen molar-refractivity contribution >= 4 is 17.7 Å². The van der Waals surface area contributed by atoms with Crippen LogP contribution in [0.15, 0.2) is 59.8 Å². The summed E-state index contributed by atoms with van der Waals surface area (Å²) in [7, 11) is 1.88. The third-order valence-corrected chi connectivity index (χ3v) is 6.13. The Balaban J connectivity index is 1.74. The summed E-state index contributed by atoms with van der Waals surface area (Å²) in [6.45, 7) is 6.32. The van der Waals surface area contributed by atoms with Crippen molar-refractivity contribution in [1.29, 1.82) is 5.26 Å². The Morgan fingerprint density at radius 1 is 1.15 bits per heavy atom. The number of benzene rings is 2. The van der Waals surface area contributed by atoms with Gasteiger partial charge in [-0.25, -0.2) is 0 Å². The second kappa shape index (κ2) is 11.1. The van der Waals surface area contributed by atoms with Crippen molar-refractivity contribution in [2.75, 3.05) is 6.61 Å². The van der Waals surface area contributed by atoms with Crippen LogP contribution in [0, 0.1) is 16.7 Å². The molecule has 7 nitrogen and oxygen atoms in total. The summed E-state index contributed by atoms with van der Waals surface area (Å²) in [6, 6.07) is 19.2. The SMILES string of the molecule is Cn1c(SCc2ccccc2C#N)nnc1C(COCc1ccccc1)NC(=O)C(C)(C)C. The molecule has 0 bridgehead atoms. The van der Waals surface area contributed by atoms with Gasteiger partial charge in [0.05, 0.1) is 24.8 Å². The van der Waals surface area contributed by atoms with Gasteiger partial charge in [-0.15, -0.1) is 10.2 Å². The molecule has 0 saturated carbocycles. The maximum atomic E-state index is 12.7. The molecular weight excluding hydrogens is 434 g/mol. The molecule has 1 atom stereocenters. The van der Waals surface area contributed by atoms with Crippen molar-refractivity contribution in [3.05, 3.63) is 77.1 Å². The van der Waals surface area contributed by atoms with E-state index in [0.717, 1.165) is 11.1 Å². The fourth-order valence-electron chi connectivity index (χ4n) is 3.08. The summed E-state index contributed by atoms with van der Waals surface area (Å²) in [4.78, 5) is 12.7. The van der Waals surface area contributed by atoms with Gasteiger partial charge in [0.2, 0.25) is 5.91 Å². The molecule has 3 aromatic rings. The molecule has 1 aromatic heterocycles. The zero-order valence-corrected chi connectivity index (χ0v) is 20.2. The summed E-state index contributed by atoms with van der Waals surface area (Å²) in [6.07, 6.45) is 0. The summed E-state index contributed by atoms with van der Waals surface area (Å²) in [5.74, 6) is 1.13. The van der Waals surface area contributed by atoms with Gasteiger partial charge in [-0.3, -0.25) is 4.79 Å². The average Bonchev–Trinajstić information content (AvgIpc) is 3.17. The van der Waals surface area contributed by atoms with Crippen LogP contribution in [0.25, 0.3) is 0 Å². The van der Waals surface area contributed by atoms with Crippen LogP contribution in [-0.2, 0) is 28.9 Å². The third kappa shape index (κ3) is 6.67. The van der Waals surface area contributed by atoms with Gasteiger partial charge in [-0.1, -0.05) is 81.1 Å². The second-order valence-corrected chi connectivity index (χ2v) is 9.68. The van der Waals surface area contributed by atoms with Crippen LogP contribution in [0.1, 0.15) is 49.3 Å². The van der Waals surface area contributed by atoms with E-state index in [1.807, 2.05) is 80.9 Å². The lowest BCUT2D eigenvalue weighted by molar-refractivity contribution is -0.129. The number of rotatable bonds is 9. The van der Waals surface area contributed by atoms with Crippen molar-refractivity contribution in [1.82, 2.24) is 20.1 Å². The van der Waals surface area contributed by atoms with E-state index < -0.39 is 11.5 Å². The van der Waals surface area contributed by atoms with Crippen molar-refractivity contribution in [3.8, 4) is 6.07 Å². The first-order valence-electron chi connectivity index (χ1n) is 10.7. The lowest BCUT2D eigenvalue weighted by atomic mass is 9.95. The minimum Gasteiger partial charge on any atom is -0.374 e. The van der Waals surface area contributed by atoms with Crippen LogP contribution in [0.2, 0.25) is 0 Å². The van der Waals surface area contributed by atoms with Crippen LogP contribution in [-0.4, -0.2) is 27.3 Å². The molecule has 8 heteroatoms. The van der Waals surface area contributed by atoms with E-state index in [9.17, 15) is 10.1 Å². The minimum absolute atomic E-state index is 0.0871. The molecule has 3 rings (SSSR count). The Hall–Kier alpha value is -3.15. The number of nitriles is 1. The van der Waals surface area contributed by atoms with E-state index in [1.165, 1.54) is 11.8 Å². The Labute approximate surface area is 199 Å². The highest BCUT2D eigenvalue weighted by molar-refractivity contribution is 7.98. The molecule has 0 spiro atoms. The number of nitrogens with zero attached hydrogens (tertiary/aromatic N) is 4. The van der Waals surface area contributed by atoms with E-state index in [2.05, 4.69) is 21.6 Å². The highest BCUT2D eigenvalue weighted by Crippen LogP contribution is 2.25. The fourth-order valence-corrected chi connectivity index (χ4v) is 4.00. The smallest absolute Gasteiger partial charge is 0.226 e. The molecule has 0 aliphatic heterocycles. The molecule has 0 saturated heterocycles. The van der Waals surface area contributed by atoms with E-state index in [-0.39, 0.29) is 12.5 Å². The number of nitrogens with one attached hydrogen (secondary N) is 1. The first-order chi connectivity index (χ1) is 15.8. The minimum atomic E-state index is -0.547. The molecule has 1 amide bonds. The van der Waals surface area contributed by atoms with E-state index >= 15 is 0 Å². The molecule has 172 valence electrons. The van der Waals surface area contributed by atoms with Crippen molar-refractivity contribution in [2.24, 2.45) is 12.5 Å². The van der Waals surface area contributed by atoms with Gasteiger partial charge < -0.3 is 14.6 Å².